The molecular formula is C15H17N3. The van der Waals surface area contributed by atoms with Crippen molar-refractivity contribution < 1.29 is 0 Å². The number of aromatic nitrogens is 1. The van der Waals surface area contributed by atoms with Crippen LogP contribution in [0.25, 0.3) is 0 Å². The summed E-state index contributed by atoms with van der Waals surface area (Å²) in [5.41, 5.74) is 10.8. The van der Waals surface area contributed by atoms with Gasteiger partial charge in [0, 0.05) is 18.7 Å². The first-order valence-corrected chi connectivity index (χ1v) is 6.09. The lowest BCUT2D eigenvalue weighted by Crippen LogP contribution is -2.05. The largest absolute Gasteiger partial charge is 0.397 e. The van der Waals surface area contributed by atoms with Gasteiger partial charge in [0.05, 0.1) is 5.69 Å². The molecule has 3 nitrogen and oxygen atoms in total. The maximum atomic E-state index is 9.06. The zero-order chi connectivity index (χ0) is 13.1. The van der Waals surface area contributed by atoms with E-state index in [1.807, 2.05) is 11.5 Å². The Morgan fingerprint density at radius 2 is 1.94 bits per heavy atom. The summed E-state index contributed by atoms with van der Waals surface area (Å²) in [6.45, 7) is 4.86. The number of anilines is 1. The van der Waals surface area contributed by atoms with E-state index < -0.39 is 0 Å². The molecule has 0 fully saturated rings. The van der Waals surface area contributed by atoms with E-state index in [4.69, 9.17) is 11.0 Å². The Hall–Kier alpha value is -2.21. The normalized spacial score (nSPS) is 10.3. The van der Waals surface area contributed by atoms with E-state index in [9.17, 15) is 0 Å². The van der Waals surface area contributed by atoms with Gasteiger partial charge in [0.1, 0.15) is 11.8 Å². The Morgan fingerprint density at radius 1 is 1.28 bits per heavy atom. The summed E-state index contributed by atoms with van der Waals surface area (Å²) in [6, 6.07) is 12.3. The lowest BCUT2D eigenvalue weighted by atomic mass is 10.1. The van der Waals surface area contributed by atoms with E-state index in [0.29, 0.717) is 11.4 Å². The molecule has 0 spiro atoms. The molecular weight excluding hydrogens is 222 g/mol. The minimum atomic E-state index is 0.636. The van der Waals surface area contributed by atoms with Crippen LogP contribution >= 0.6 is 0 Å². The van der Waals surface area contributed by atoms with Crippen LogP contribution < -0.4 is 5.73 Å². The molecule has 2 rings (SSSR count). The second kappa shape index (κ2) is 4.97. The number of aryl methyl sites for hydroxylation is 1. The van der Waals surface area contributed by atoms with Gasteiger partial charge in [-0.15, -0.1) is 0 Å². The average molecular weight is 239 g/mol. The molecule has 0 amide bonds. The highest BCUT2D eigenvalue weighted by Gasteiger charge is 2.12. The van der Waals surface area contributed by atoms with E-state index in [1.165, 1.54) is 11.1 Å². The topological polar surface area (TPSA) is 54.7 Å². The SMILES string of the molecule is CCn1c(C#N)cc(N)c1Cc1ccc(C)cc1. The van der Waals surface area contributed by atoms with Crippen molar-refractivity contribution >= 4 is 5.69 Å². The molecule has 0 radical (unpaired) electrons. The predicted octanol–water partition coefficient (Wildman–Crippen LogP) is 2.86. The highest BCUT2D eigenvalue weighted by Crippen LogP contribution is 2.21. The monoisotopic (exact) mass is 239 g/mol. The lowest BCUT2D eigenvalue weighted by Gasteiger charge is -2.09. The molecule has 0 aliphatic rings. The van der Waals surface area contributed by atoms with Crippen LogP contribution in [0.15, 0.2) is 30.3 Å². The van der Waals surface area contributed by atoms with E-state index in [1.54, 1.807) is 6.07 Å². The van der Waals surface area contributed by atoms with Gasteiger partial charge >= 0.3 is 0 Å². The van der Waals surface area contributed by atoms with Gasteiger partial charge in [-0.25, -0.2) is 0 Å². The summed E-state index contributed by atoms with van der Waals surface area (Å²) >= 11 is 0. The van der Waals surface area contributed by atoms with Crippen molar-refractivity contribution in [2.75, 3.05) is 5.73 Å². The smallest absolute Gasteiger partial charge is 0.122 e. The molecule has 1 heterocycles. The summed E-state index contributed by atoms with van der Waals surface area (Å²) < 4.78 is 1.98. The minimum absolute atomic E-state index is 0.636. The molecule has 0 aliphatic carbocycles. The molecule has 92 valence electrons. The highest BCUT2D eigenvalue weighted by atomic mass is 15.0. The van der Waals surface area contributed by atoms with Crippen LogP contribution in [0.5, 0.6) is 0 Å². The summed E-state index contributed by atoms with van der Waals surface area (Å²) in [5.74, 6) is 0. The van der Waals surface area contributed by atoms with Crippen molar-refractivity contribution in [2.24, 2.45) is 0 Å². The number of nitrogen functional groups attached to an aromatic ring is 1. The fourth-order valence-electron chi connectivity index (χ4n) is 2.16. The maximum Gasteiger partial charge on any atom is 0.122 e. The number of nitrogens with two attached hydrogens (primary N) is 1. The predicted molar refractivity (Wildman–Crippen MR) is 73.2 cm³/mol. The molecule has 0 unspecified atom stereocenters. The molecule has 0 aliphatic heterocycles. The fraction of sp³-hybridized carbons (Fsp3) is 0.267. The van der Waals surface area contributed by atoms with E-state index in [-0.39, 0.29) is 0 Å². The molecule has 2 aromatic rings. The van der Waals surface area contributed by atoms with E-state index in [2.05, 4.69) is 37.3 Å². The molecule has 18 heavy (non-hydrogen) atoms. The molecule has 1 aromatic heterocycles. The maximum absolute atomic E-state index is 9.06. The zero-order valence-corrected chi connectivity index (χ0v) is 10.8. The number of benzene rings is 1. The Morgan fingerprint density at radius 3 is 2.50 bits per heavy atom. The fourth-order valence-corrected chi connectivity index (χ4v) is 2.16. The van der Waals surface area contributed by atoms with Gasteiger partial charge in [-0.05, 0) is 25.5 Å². The zero-order valence-electron chi connectivity index (χ0n) is 10.8. The van der Waals surface area contributed by atoms with Crippen molar-refractivity contribution in [3.05, 3.63) is 52.8 Å². The second-order valence-electron chi connectivity index (χ2n) is 4.45. The van der Waals surface area contributed by atoms with Crippen LogP contribution in [0.2, 0.25) is 0 Å². The van der Waals surface area contributed by atoms with Crippen LogP contribution in [-0.4, -0.2) is 4.57 Å². The van der Waals surface area contributed by atoms with Crippen LogP contribution in [-0.2, 0) is 13.0 Å². The Kier molecular flexibility index (Phi) is 3.38. The summed E-state index contributed by atoms with van der Waals surface area (Å²) in [6.07, 6.45) is 0.766. The summed E-state index contributed by atoms with van der Waals surface area (Å²) in [4.78, 5) is 0. The first kappa shape index (κ1) is 12.3. The van der Waals surface area contributed by atoms with Crippen molar-refractivity contribution in [1.82, 2.24) is 4.57 Å². The Labute approximate surface area is 107 Å². The molecule has 3 heteroatoms. The van der Waals surface area contributed by atoms with Gasteiger partial charge in [-0.3, -0.25) is 0 Å². The third kappa shape index (κ3) is 2.23. The van der Waals surface area contributed by atoms with Crippen LogP contribution in [0, 0.1) is 18.3 Å². The first-order chi connectivity index (χ1) is 8.65. The van der Waals surface area contributed by atoms with E-state index >= 15 is 0 Å². The average Bonchev–Trinajstić information content (AvgIpc) is 2.68. The van der Waals surface area contributed by atoms with Crippen molar-refractivity contribution in [2.45, 2.75) is 26.8 Å². The van der Waals surface area contributed by atoms with Gasteiger partial charge in [-0.1, -0.05) is 29.8 Å². The number of hydrogen-bond donors (Lipinski definition) is 1. The van der Waals surface area contributed by atoms with Crippen molar-refractivity contribution in [3.8, 4) is 6.07 Å². The van der Waals surface area contributed by atoms with E-state index in [0.717, 1.165) is 18.7 Å². The van der Waals surface area contributed by atoms with Crippen LogP contribution in [0.1, 0.15) is 29.4 Å². The van der Waals surface area contributed by atoms with Crippen LogP contribution in [0.4, 0.5) is 5.69 Å². The molecule has 0 saturated heterocycles. The second-order valence-corrected chi connectivity index (χ2v) is 4.45. The van der Waals surface area contributed by atoms with Gasteiger partial charge < -0.3 is 10.3 Å². The Bertz CT molecular complexity index is 585. The van der Waals surface area contributed by atoms with Crippen molar-refractivity contribution in [1.29, 1.82) is 5.26 Å². The van der Waals surface area contributed by atoms with Gasteiger partial charge in [0.2, 0.25) is 0 Å². The Balaban J connectivity index is 2.37. The number of rotatable bonds is 3. The summed E-state index contributed by atoms with van der Waals surface area (Å²) in [7, 11) is 0. The standard InChI is InChI=1S/C15H17N3/c1-3-18-13(10-16)9-14(17)15(18)8-12-6-4-11(2)5-7-12/h4-7,9H,3,8,17H2,1-2H3. The van der Waals surface area contributed by atoms with Gasteiger partial charge in [0.25, 0.3) is 0 Å². The third-order valence-electron chi connectivity index (χ3n) is 3.17. The van der Waals surface area contributed by atoms with Gasteiger partial charge in [-0.2, -0.15) is 5.26 Å². The molecule has 0 saturated carbocycles. The lowest BCUT2D eigenvalue weighted by molar-refractivity contribution is 0.719. The number of hydrogen-bond acceptors (Lipinski definition) is 2. The van der Waals surface area contributed by atoms with Gasteiger partial charge in [0.15, 0.2) is 0 Å². The van der Waals surface area contributed by atoms with Crippen molar-refractivity contribution in [3.63, 3.8) is 0 Å². The molecule has 0 atom stereocenters. The molecule has 1 aromatic carbocycles. The number of nitrogens with zero attached hydrogens (tertiary/aromatic N) is 2. The third-order valence-corrected chi connectivity index (χ3v) is 3.17. The number of nitriles is 1. The summed E-state index contributed by atoms with van der Waals surface area (Å²) in [5, 5.41) is 9.06. The minimum Gasteiger partial charge on any atom is -0.397 e. The highest BCUT2D eigenvalue weighted by molar-refractivity contribution is 5.52. The molecule has 0 bridgehead atoms. The quantitative estimate of drug-likeness (QED) is 0.895. The molecule has 2 N–H and O–H groups in total. The first-order valence-electron chi connectivity index (χ1n) is 6.09. The van der Waals surface area contributed by atoms with Crippen LogP contribution in [0.3, 0.4) is 0 Å².